The number of nitrogens with one attached hydrogen (secondary N) is 2. The van der Waals surface area contributed by atoms with Crippen molar-refractivity contribution >= 4 is 11.7 Å². The van der Waals surface area contributed by atoms with Crippen molar-refractivity contribution in [3.05, 3.63) is 61.1 Å². The summed E-state index contributed by atoms with van der Waals surface area (Å²) in [5.41, 5.74) is 1.44. The normalized spacial score (nSPS) is 10.3. The molecule has 0 fully saturated rings. The number of amides is 2. The van der Waals surface area contributed by atoms with Gasteiger partial charge in [-0.05, 0) is 31.2 Å². The predicted molar refractivity (Wildman–Crippen MR) is 100 cm³/mol. The topological polar surface area (TPSA) is 81.1 Å². The molecule has 2 N–H and O–H groups in total. The summed E-state index contributed by atoms with van der Waals surface area (Å²) in [7, 11) is 0. The molecule has 134 valence electrons. The van der Waals surface area contributed by atoms with Gasteiger partial charge in [0.15, 0.2) is 5.82 Å². The number of anilines is 1. The number of rotatable bonds is 7. The quantitative estimate of drug-likeness (QED) is 0.685. The van der Waals surface area contributed by atoms with Crippen molar-refractivity contribution in [3.8, 4) is 17.3 Å². The van der Waals surface area contributed by atoms with Crippen LogP contribution in [0.5, 0.6) is 5.75 Å². The highest BCUT2D eigenvalue weighted by Crippen LogP contribution is 2.23. The molecule has 26 heavy (non-hydrogen) atoms. The van der Waals surface area contributed by atoms with E-state index < -0.39 is 0 Å². The van der Waals surface area contributed by atoms with Crippen molar-refractivity contribution in [1.82, 2.24) is 19.9 Å². The Balaban J connectivity index is 1.55. The highest BCUT2D eigenvalue weighted by molar-refractivity contribution is 5.90. The number of carbonyl (C=O) groups excluding carboxylic acids is 1. The molecule has 0 aliphatic heterocycles. The molecule has 0 bridgehead atoms. The number of aromatic nitrogens is 3. The molecule has 0 saturated heterocycles. The molecular formula is C19H21N5O2. The Kier molecular flexibility index (Phi) is 5.82. The van der Waals surface area contributed by atoms with Gasteiger partial charge in [-0.3, -0.25) is 4.98 Å². The zero-order valence-electron chi connectivity index (χ0n) is 14.6. The van der Waals surface area contributed by atoms with Crippen molar-refractivity contribution in [3.63, 3.8) is 0 Å². The van der Waals surface area contributed by atoms with E-state index in [0.717, 1.165) is 11.5 Å². The summed E-state index contributed by atoms with van der Waals surface area (Å²) < 4.78 is 7.46. The van der Waals surface area contributed by atoms with Crippen molar-refractivity contribution in [2.24, 2.45) is 0 Å². The average molecular weight is 351 g/mol. The number of para-hydroxylation sites is 2. The molecule has 0 aliphatic carbocycles. The summed E-state index contributed by atoms with van der Waals surface area (Å²) in [4.78, 5) is 20.8. The van der Waals surface area contributed by atoms with Crippen LogP contribution in [0.3, 0.4) is 0 Å². The second kappa shape index (κ2) is 8.66. The van der Waals surface area contributed by atoms with Crippen LogP contribution in [-0.2, 0) is 6.54 Å². The smallest absolute Gasteiger partial charge is 0.319 e. The lowest BCUT2D eigenvalue weighted by atomic mass is 10.3. The fourth-order valence-corrected chi connectivity index (χ4v) is 2.53. The van der Waals surface area contributed by atoms with Crippen molar-refractivity contribution < 1.29 is 9.53 Å². The third-order valence-electron chi connectivity index (χ3n) is 3.68. The maximum atomic E-state index is 12.1. The van der Waals surface area contributed by atoms with Gasteiger partial charge in [-0.1, -0.05) is 18.2 Å². The summed E-state index contributed by atoms with van der Waals surface area (Å²) in [5.74, 6) is 1.42. The molecule has 0 aliphatic rings. The maximum Gasteiger partial charge on any atom is 0.319 e. The second-order valence-electron chi connectivity index (χ2n) is 5.47. The predicted octanol–water partition coefficient (Wildman–Crippen LogP) is 3.17. The molecule has 0 saturated carbocycles. The number of benzene rings is 1. The van der Waals surface area contributed by atoms with Gasteiger partial charge in [-0.2, -0.15) is 0 Å². The van der Waals surface area contributed by atoms with E-state index in [-0.39, 0.29) is 6.03 Å². The van der Waals surface area contributed by atoms with Gasteiger partial charge in [0.1, 0.15) is 11.4 Å². The number of nitrogens with zero attached hydrogens (tertiary/aromatic N) is 3. The number of hydrogen-bond donors (Lipinski definition) is 2. The maximum absolute atomic E-state index is 12.1. The van der Waals surface area contributed by atoms with Gasteiger partial charge in [0, 0.05) is 31.7 Å². The summed E-state index contributed by atoms with van der Waals surface area (Å²) in [6, 6.07) is 12.8. The lowest BCUT2D eigenvalue weighted by Gasteiger charge is -2.12. The summed E-state index contributed by atoms with van der Waals surface area (Å²) in [6.45, 7) is 3.49. The van der Waals surface area contributed by atoms with Crippen molar-refractivity contribution in [1.29, 1.82) is 0 Å². The Morgan fingerprint density at radius 3 is 2.77 bits per heavy atom. The zero-order valence-corrected chi connectivity index (χ0v) is 14.6. The standard InChI is InChI=1S/C19H21N5O2/c1-2-26-17-9-4-3-7-15(17)23-19(25)22-12-14-24-13-11-21-18(24)16-8-5-6-10-20-16/h3-11,13H,2,12,14H2,1H3,(H2,22,23,25). The molecule has 3 aromatic rings. The van der Waals surface area contributed by atoms with Crippen molar-refractivity contribution in [2.75, 3.05) is 18.5 Å². The van der Waals surface area contributed by atoms with Crippen LogP contribution in [0, 0.1) is 0 Å². The number of pyridine rings is 1. The third-order valence-corrected chi connectivity index (χ3v) is 3.68. The molecule has 2 amide bonds. The second-order valence-corrected chi connectivity index (χ2v) is 5.47. The minimum Gasteiger partial charge on any atom is -0.492 e. The number of urea groups is 1. The van der Waals surface area contributed by atoms with E-state index in [1.807, 2.05) is 54.1 Å². The minimum absolute atomic E-state index is 0.281. The number of imidazole rings is 1. The average Bonchev–Trinajstić information content (AvgIpc) is 3.13. The Bertz CT molecular complexity index is 848. The number of carbonyl (C=O) groups is 1. The monoisotopic (exact) mass is 351 g/mol. The van der Waals surface area contributed by atoms with Gasteiger partial charge >= 0.3 is 6.03 Å². The highest BCUT2D eigenvalue weighted by Gasteiger charge is 2.09. The summed E-state index contributed by atoms with van der Waals surface area (Å²) in [5, 5.41) is 5.65. The van der Waals surface area contributed by atoms with Crippen LogP contribution in [-0.4, -0.2) is 33.7 Å². The van der Waals surface area contributed by atoms with Gasteiger partial charge in [0.2, 0.25) is 0 Å². The first-order valence-corrected chi connectivity index (χ1v) is 8.47. The van der Waals surface area contributed by atoms with Crippen LogP contribution in [0.1, 0.15) is 6.92 Å². The Morgan fingerprint density at radius 2 is 1.96 bits per heavy atom. The van der Waals surface area contributed by atoms with E-state index >= 15 is 0 Å². The van der Waals surface area contributed by atoms with Crippen LogP contribution in [0.2, 0.25) is 0 Å². The Hall–Kier alpha value is -3.35. The number of ether oxygens (including phenoxy) is 1. The third kappa shape index (κ3) is 4.38. The van der Waals surface area contributed by atoms with Crippen LogP contribution >= 0.6 is 0 Å². The largest absolute Gasteiger partial charge is 0.492 e. The molecule has 7 heteroatoms. The molecule has 3 rings (SSSR count). The van der Waals surface area contributed by atoms with E-state index in [0.29, 0.717) is 31.1 Å². The van der Waals surface area contributed by atoms with E-state index in [4.69, 9.17) is 4.74 Å². The van der Waals surface area contributed by atoms with Gasteiger partial charge in [-0.25, -0.2) is 9.78 Å². The molecule has 0 radical (unpaired) electrons. The first kappa shape index (κ1) is 17.5. The highest BCUT2D eigenvalue weighted by atomic mass is 16.5. The van der Waals surface area contributed by atoms with Crippen LogP contribution in [0.25, 0.3) is 11.5 Å². The van der Waals surface area contributed by atoms with E-state index in [1.54, 1.807) is 18.5 Å². The van der Waals surface area contributed by atoms with Gasteiger partial charge in [-0.15, -0.1) is 0 Å². The van der Waals surface area contributed by atoms with E-state index in [1.165, 1.54) is 0 Å². The van der Waals surface area contributed by atoms with Crippen LogP contribution in [0.4, 0.5) is 10.5 Å². The van der Waals surface area contributed by atoms with Crippen LogP contribution in [0.15, 0.2) is 61.1 Å². The first-order chi connectivity index (χ1) is 12.8. The summed E-state index contributed by atoms with van der Waals surface area (Å²) >= 11 is 0. The fraction of sp³-hybridized carbons (Fsp3) is 0.211. The molecule has 7 nitrogen and oxygen atoms in total. The van der Waals surface area contributed by atoms with Crippen LogP contribution < -0.4 is 15.4 Å². The molecule has 0 spiro atoms. The molecule has 2 heterocycles. The lowest BCUT2D eigenvalue weighted by molar-refractivity contribution is 0.251. The molecule has 0 unspecified atom stereocenters. The Morgan fingerprint density at radius 1 is 1.12 bits per heavy atom. The van der Waals surface area contributed by atoms with Crippen molar-refractivity contribution in [2.45, 2.75) is 13.5 Å². The fourth-order valence-electron chi connectivity index (χ4n) is 2.53. The SMILES string of the molecule is CCOc1ccccc1NC(=O)NCCn1ccnc1-c1ccccn1. The van der Waals surface area contributed by atoms with Gasteiger partial charge in [0.05, 0.1) is 12.3 Å². The molecule has 2 aromatic heterocycles. The van der Waals surface area contributed by atoms with Gasteiger partial charge in [0.25, 0.3) is 0 Å². The number of hydrogen-bond acceptors (Lipinski definition) is 4. The zero-order chi connectivity index (χ0) is 18.2. The summed E-state index contributed by atoms with van der Waals surface area (Å²) in [6.07, 6.45) is 5.33. The van der Waals surface area contributed by atoms with E-state index in [2.05, 4.69) is 20.6 Å². The minimum atomic E-state index is -0.281. The van der Waals surface area contributed by atoms with Gasteiger partial charge < -0.3 is 19.9 Å². The lowest BCUT2D eigenvalue weighted by Crippen LogP contribution is -2.31. The molecule has 1 aromatic carbocycles. The Labute approximate surface area is 152 Å². The molecular weight excluding hydrogens is 330 g/mol. The first-order valence-electron chi connectivity index (χ1n) is 8.47. The molecule has 0 atom stereocenters. The van der Waals surface area contributed by atoms with E-state index in [9.17, 15) is 4.79 Å².